The van der Waals surface area contributed by atoms with E-state index in [1.54, 1.807) is 4.31 Å². The van der Waals surface area contributed by atoms with Crippen molar-refractivity contribution in [2.45, 2.75) is 65.3 Å². The number of unbranched alkanes of at least 4 members (excludes halogenated alkanes) is 1. The first-order valence-electron chi connectivity index (χ1n) is 8.47. The lowest BCUT2D eigenvalue weighted by Crippen LogP contribution is -2.49. The van der Waals surface area contributed by atoms with Crippen molar-refractivity contribution in [1.82, 2.24) is 14.3 Å². The van der Waals surface area contributed by atoms with Crippen molar-refractivity contribution in [2.24, 2.45) is 5.92 Å². The summed E-state index contributed by atoms with van der Waals surface area (Å²) in [4.78, 5) is 0. The lowest BCUT2D eigenvalue weighted by Gasteiger charge is -2.33. The number of piperidine rings is 1. The Kier molecular flexibility index (Phi) is 8.78. The first-order valence-corrected chi connectivity index (χ1v) is 9.91. The Bertz CT molecular complexity index is 373. The fourth-order valence-electron chi connectivity index (χ4n) is 2.79. The van der Waals surface area contributed by atoms with Crippen LogP contribution in [0.2, 0.25) is 0 Å². The zero-order valence-electron chi connectivity index (χ0n) is 13.9. The monoisotopic (exact) mass is 319 g/mol. The molecule has 2 N–H and O–H groups in total. The average Bonchev–Trinajstić information content (AvgIpc) is 2.45. The Morgan fingerprint density at radius 2 is 2.05 bits per heavy atom. The van der Waals surface area contributed by atoms with Crippen LogP contribution in [0.3, 0.4) is 0 Å². The molecular weight excluding hydrogens is 286 g/mol. The highest BCUT2D eigenvalue weighted by Gasteiger charge is 2.29. The maximum Gasteiger partial charge on any atom is 0.279 e. The zero-order chi connectivity index (χ0) is 15.7. The van der Waals surface area contributed by atoms with Crippen LogP contribution >= 0.6 is 0 Å². The molecule has 6 heteroatoms. The summed E-state index contributed by atoms with van der Waals surface area (Å²) in [5.41, 5.74) is 0. The SMILES string of the molecule is CCCCC(C)NS(=O)(=O)N1CCCC(CNCCC)C1. The fraction of sp³-hybridized carbons (Fsp3) is 1.00. The van der Waals surface area contributed by atoms with E-state index in [9.17, 15) is 8.42 Å². The van der Waals surface area contributed by atoms with E-state index in [0.29, 0.717) is 19.0 Å². The lowest BCUT2D eigenvalue weighted by atomic mass is 10.00. The van der Waals surface area contributed by atoms with Gasteiger partial charge >= 0.3 is 0 Å². The van der Waals surface area contributed by atoms with Gasteiger partial charge in [0, 0.05) is 19.1 Å². The van der Waals surface area contributed by atoms with Crippen LogP contribution in [0.5, 0.6) is 0 Å². The van der Waals surface area contributed by atoms with E-state index in [0.717, 1.165) is 51.6 Å². The molecule has 1 saturated heterocycles. The van der Waals surface area contributed by atoms with E-state index < -0.39 is 10.2 Å². The van der Waals surface area contributed by atoms with Gasteiger partial charge in [0.25, 0.3) is 10.2 Å². The van der Waals surface area contributed by atoms with Gasteiger partial charge in [-0.2, -0.15) is 17.4 Å². The van der Waals surface area contributed by atoms with E-state index in [1.807, 2.05) is 6.92 Å². The largest absolute Gasteiger partial charge is 0.316 e. The van der Waals surface area contributed by atoms with Crippen LogP contribution in [0.1, 0.15) is 59.3 Å². The van der Waals surface area contributed by atoms with Gasteiger partial charge in [-0.3, -0.25) is 0 Å². The summed E-state index contributed by atoms with van der Waals surface area (Å²) < 4.78 is 29.3. The Morgan fingerprint density at radius 1 is 1.29 bits per heavy atom. The molecule has 2 atom stereocenters. The normalized spacial score (nSPS) is 22.3. The van der Waals surface area contributed by atoms with Gasteiger partial charge in [-0.05, 0) is 51.6 Å². The van der Waals surface area contributed by atoms with Gasteiger partial charge in [-0.15, -0.1) is 0 Å². The van der Waals surface area contributed by atoms with Crippen molar-refractivity contribution in [1.29, 1.82) is 0 Å². The molecule has 1 aliphatic rings. The maximum absolute atomic E-state index is 12.4. The Hall–Kier alpha value is -0.170. The predicted octanol–water partition coefficient (Wildman–Crippen LogP) is 2.11. The summed E-state index contributed by atoms with van der Waals surface area (Å²) in [6, 6.07) is 0.0218. The maximum atomic E-state index is 12.4. The zero-order valence-corrected chi connectivity index (χ0v) is 14.7. The third-order valence-electron chi connectivity index (χ3n) is 4.02. The molecule has 0 aromatic rings. The standard InChI is InChI=1S/C15H33N3O2S/c1-4-6-8-14(3)17-21(19,20)18-11-7-9-15(13-18)12-16-10-5-2/h14-17H,4-13H2,1-3H3. The summed E-state index contributed by atoms with van der Waals surface area (Å²) in [7, 11) is -3.32. The summed E-state index contributed by atoms with van der Waals surface area (Å²) in [5, 5.41) is 3.40. The number of hydrogen-bond donors (Lipinski definition) is 2. The Balaban J connectivity index is 2.45. The van der Waals surface area contributed by atoms with E-state index in [4.69, 9.17) is 0 Å². The molecule has 0 aliphatic carbocycles. The summed E-state index contributed by atoms with van der Waals surface area (Å²) in [5.74, 6) is 0.438. The molecule has 0 amide bonds. The molecule has 5 nitrogen and oxygen atoms in total. The first-order chi connectivity index (χ1) is 9.99. The number of nitrogens with one attached hydrogen (secondary N) is 2. The summed E-state index contributed by atoms with van der Waals surface area (Å²) in [6.45, 7) is 9.46. The van der Waals surface area contributed by atoms with Crippen LogP contribution in [-0.4, -0.2) is 44.9 Å². The van der Waals surface area contributed by atoms with Crippen LogP contribution in [0.15, 0.2) is 0 Å². The predicted molar refractivity (Wildman–Crippen MR) is 88.5 cm³/mol. The summed E-state index contributed by atoms with van der Waals surface area (Å²) in [6.07, 6.45) is 6.27. The van der Waals surface area contributed by atoms with E-state index in [1.165, 1.54) is 0 Å². The van der Waals surface area contributed by atoms with Crippen LogP contribution in [0.4, 0.5) is 0 Å². The highest BCUT2D eigenvalue weighted by atomic mass is 32.2. The third-order valence-corrected chi connectivity index (χ3v) is 5.73. The van der Waals surface area contributed by atoms with Gasteiger partial charge in [0.05, 0.1) is 0 Å². The lowest BCUT2D eigenvalue weighted by molar-refractivity contribution is 0.256. The van der Waals surface area contributed by atoms with Gasteiger partial charge in [-0.1, -0.05) is 26.7 Å². The molecule has 1 heterocycles. The molecule has 0 radical (unpaired) electrons. The molecule has 21 heavy (non-hydrogen) atoms. The van der Waals surface area contributed by atoms with Gasteiger partial charge in [0.1, 0.15) is 0 Å². The first kappa shape index (κ1) is 18.9. The van der Waals surface area contributed by atoms with Crippen molar-refractivity contribution in [3.63, 3.8) is 0 Å². The van der Waals surface area contributed by atoms with Crippen LogP contribution in [-0.2, 0) is 10.2 Å². The second-order valence-corrected chi connectivity index (χ2v) is 7.94. The third kappa shape index (κ3) is 7.08. The second-order valence-electron chi connectivity index (χ2n) is 6.24. The van der Waals surface area contributed by atoms with Crippen molar-refractivity contribution in [2.75, 3.05) is 26.2 Å². The number of hydrogen-bond acceptors (Lipinski definition) is 3. The number of nitrogens with zero attached hydrogens (tertiary/aromatic N) is 1. The number of rotatable bonds is 10. The minimum absolute atomic E-state index is 0.0218. The van der Waals surface area contributed by atoms with Crippen LogP contribution in [0.25, 0.3) is 0 Å². The van der Waals surface area contributed by atoms with Gasteiger partial charge in [0.15, 0.2) is 0 Å². The van der Waals surface area contributed by atoms with Crippen molar-refractivity contribution in [3.05, 3.63) is 0 Å². The minimum atomic E-state index is -3.32. The topological polar surface area (TPSA) is 61.4 Å². The molecule has 126 valence electrons. The molecule has 2 unspecified atom stereocenters. The van der Waals surface area contributed by atoms with Gasteiger partial charge in [-0.25, -0.2) is 0 Å². The molecule has 0 bridgehead atoms. The average molecular weight is 320 g/mol. The molecule has 1 fully saturated rings. The smallest absolute Gasteiger partial charge is 0.279 e. The molecule has 1 rings (SSSR count). The molecule has 0 aromatic heterocycles. The van der Waals surface area contributed by atoms with Crippen molar-refractivity contribution < 1.29 is 8.42 Å². The Labute approximate surface area is 131 Å². The molecule has 0 aromatic carbocycles. The molecule has 0 saturated carbocycles. The molecule has 0 spiro atoms. The van der Waals surface area contributed by atoms with Gasteiger partial charge < -0.3 is 5.32 Å². The Morgan fingerprint density at radius 3 is 2.71 bits per heavy atom. The van der Waals surface area contributed by atoms with E-state index >= 15 is 0 Å². The van der Waals surface area contributed by atoms with Crippen LogP contribution in [0, 0.1) is 5.92 Å². The van der Waals surface area contributed by atoms with Crippen LogP contribution < -0.4 is 10.0 Å². The minimum Gasteiger partial charge on any atom is -0.316 e. The highest BCUT2D eigenvalue weighted by molar-refractivity contribution is 7.87. The molecular formula is C15H33N3O2S. The molecule has 1 aliphatic heterocycles. The van der Waals surface area contributed by atoms with E-state index in [2.05, 4.69) is 23.9 Å². The fourth-order valence-corrected chi connectivity index (χ4v) is 4.34. The van der Waals surface area contributed by atoms with E-state index in [-0.39, 0.29) is 6.04 Å². The van der Waals surface area contributed by atoms with Crippen molar-refractivity contribution >= 4 is 10.2 Å². The van der Waals surface area contributed by atoms with Gasteiger partial charge in [0.2, 0.25) is 0 Å². The highest BCUT2D eigenvalue weighted by Crippen LogP contribution is 2.18. The second kappa shape index (κ2) is 9.77. The van der Waals surface area contributed by atoms with Crippen molar-refractivity contribution in [3.8, 4) is 0 Å². The quantitative estimate of drug-likeness (QED) is 0.606. The summed E-state index contributed by atoms with van der Waals surface area (Å²) >= 11 is 0.